The van der Waals surface area contributed by atoms with Crippen molar-refractivity contribution in [2.75, 3.05) is 6.61 Å². The first-order valence-corrected chi connectivity index (χ1v) is 6.45. The minimum absolute atomic E-state index is 0. The van der Waals surface area contributed by atoms with Crippen LogP contribution in [0.3, 0.4) is 0 Å². The maximum atomic E-state index is 13.7. The van der Waals surface area contributed by atoms with Gasteiger partial charge in [-0.25, -0.2) is 9.78 Å². The third-order valence-electron chi connectivity index (χ3n) is 2.91. The van der Waals surface area contributed by atoms with Gasteiger partial charge in [0.1, 0.15) is 0 Å². The minimum Gasteiger partial charge on any atom is -0.461 e. The van der Waals surface area contributed by atoms with E-state index in [2.05, 4.69) is 9.97 Å². The lowest BCUT2D eigenvalue weighted by Gasteiger charge is -2.15. The normalized spacial score (nSPS) is 11.6. The van der Waals surface area contributed by atoms with Crippen molar-refractivity contribution in [2.45, 2.75) is 26.3 Å². The Hall–Kier alpha value is -1.95. The van der Waals surface area contributed by atoms with Gasteiger partial charge in [-0.15, -0.1) is 12.4 Å². The first kappa shape index (κ1) is 17.1. The summed E-state index contributed by atoms with van der Waals surface area (Å²) in [6.45, 7) is 3.94. The van der Waals surface area contributed by atoms with Gasteiger partial charge in [0.15, 0.2) is 5.69 Å². The topological polar surface area (TPSA) is 57.0 Å². The molecule has 5 nitrogen and oxygen atoms in total. The number of hydrogen-bond acceptors (Lipinski definition) is 4. The number of pyridine rings is 1. The molecule has 0 spiro atoms. The first-order chi connectivity index (χ1) is 9.65. The molecule has 0 aliphatic rings. The lowest BCUT2D eigenvalue weighted by atomic mass is 10.2. The van der Waals surface area contributed by atoms with E-state index in [1.54, 1.807) is 12.3 Å². The molecule has 0 aliphatic heterocycles. The largest absolute Gasteiger partial charge is 0.461 e. The standard InChI is InChI=1S/C14H16FN3O2.ClH/c1-3-8-20-14(19)12-13(15)17-9-18(12)10(2)11-6-4-5-7-16-11;/h4-7,9-10H,3,8H2,1-2H3;1H/t10-;/m1./s1. The fourth-order valence-corrected chi connectivity index (χ4v) is 1.85. The zero-order valence-corrected chi connectivity index (χ0v) is 12.6. The van der Waals surface area contributed by atoms with Crippen LogP contribution in [0.15, 0.2) is 30.7 Å². The van der Waals surface area contributed by atoms with E-state index in [0.29, 0.717) is 6.42 Å². The van der Waals surface area contributed by atoms with Gasteiger partial charge in [0.2, 0.25) is 5.95 Å². The molecule has 0 unspecified atom stereocenters. The lowest BCUT2D eigenvalue weighted by Crippen LogP contribution is -2.17. The molecule has 0 fully saturated rings. The zero-order valence-electron chi connectivity index (χ0n) is 11.8. The quantitative estimate of drug-likeness (QED) is 0.796. The van der Waals surface area contributed by atoms with Gasteiger partial charge in [0.05, 0.1) is 24.7 Å². The van der Waals surface area contributed by atoms with Gasteiger partial charge in [0, 0.05) is 6.20 Å². The fourth-order valence-electron chi connectivity index (χ4n) is 1.85. The summed E-state index contributed by atoms with van der Waals surface area (Å²) in [6.07, 6.45) is 3.61. The number of hydrogen-bond donors (Lipinski definition) is 0. The van der Waals surface area contributed by atoms with Crippen LogP contribution in [0, 0.1) is 5.95 Å². The number of ether oxygens (including phenoxy) is 1. The number of rotatable bonds is 5. The highest BCUT2D eigenvalue weighted by atomic mass is 35.5. The number of carbonyl (C=O) groups is 1. The molecule has 0 radical (unpaired) electrons. The Balaban J connectivity index is 0.00000220. The number of carbonyl (C=O) groups excluding carboxylic acids is 1. The lowest BCUT2D eigenvalue weighted by molar-refractivity contribution is 0.0485. The third kappa shape index (κ3) is 3.78. The molecule has 0 aromatic carbocycles. The molecule has 7 heteroatoms. The van der Waals surface area contributed by atoms with Crippen LogP contribution in [0.1, 0.15) is 42.5 Å². The molecule has 21 heavy (non-hydrogen) atoms. The highest BCUT2D eigenvalue weighted by Gasteiger charge is 2.24. The number of imidazole rings is 1. The Morgan fingerprint density at radius 1 is 1.43 bits per heavy atom. The molecule has 0 saturated carbocycles. The van der Waals surface area contributed by atoms with Crippen molar-refractivity contribution >= 4 is 18.4 Å². The van der Waals surface area contributed by atoms with Crippen LogP contribution in [0.4, 0.5) is 4.39 Å². The van der Waals surface area contributed by atoms with Gasteiger partial charge in [-0.3, -0.25) is 4.98 Å². The van der Waals surface area contributed by atoms with Crippen molar-refractivity contribution in [3.63, 3.8) is 0 Å². The molecular weight excluding hydrogens is 297 g/mol. The Morgan fingerprint density at radius 2 is 2.19 bits per heavy atom. The van der Waals surface area contributed by atoms with Crippen LogP contribution in [0.25, 0.3) is 0 Å². The summed E-state index contributed by atoms with van der Waals surface area (Å²) >= 11 is 0. The molecule has 2 aromatic heterocycles. The van der Waals surface area contributed by atoms with Crippen molar-refractivity contribution in [3.05, 3.63) is 48.1 Å². The predicted octanol–water partition coefficient (Wildman–Crippen LogP) is 3.02. The Morgan fingerprint density at radius 3 is 2.81 bits per heavy atom. The number of halogens is 2. The van der Waals surface area contributed by atoms with Crippen LogP contribution in [-0.2, 0) is 4.74 Å². The van der Waals surface area contributed by atoms with E-state index >= 15 is 0 Å². The van der Waals surface area contributed by atoms with Crippen molar-refractivity contribution < 1.29 is 13.9 Å². The second kappa shape index (κ2) is 7.73. The van der Waals surface area contributed by atoms with E-state index < -0.39 is 11.9 Å². The molecule has 0 aliphatic carbocycles. The first-order valence-electron chi connectivity index (χ1n) is 6.45. The Labute approximate surface area is 128 Å². The van der Waals surface area contributed by atoms with Crippen molar-refractivity contribution in [1.82, 2.24) is 14.5 Å². The van der Waals surface area contributed by atoms with Gasteiger partial charge >= 0.3 is 5.97 Å². The van der Waals surface area contributed by atoms with Crippen molar-refractivity contribution in [2.24, 2.45) is 0 Å². The highest BCUT2D eigenvalue weighted by molar-refractivity contribution is 5.87. The molecule has 2 heterocycles. The maximum Gasteiger partial charge on any atom is 0.359 e. The van der Waals surface area contributed by atoms with E-state index in [1.807, 2.05) is 26.0 Å². The van der Waals surface area contributed by atoms with E-state index in [-0.39, 0.29) is 30.7 Å². The molecular formula is C14H17ClFN3O2. The monoisotopic (exact) mass is 313 g/mol. The van der Waals surface area contributed by atoms with Gasteiger partial charge in [0.25, 0.3) is 0 Å². The highest BCUT2D eigenvalue weighted by Crippen LogP contribution is 2.20. The summed E-state index contributed by atoms with van der Waals surface area (Å²) in [5.41, 5.74) is 0.547. The minimum atomic E-state index is -0.825. The van der Waals surface area contributed by atoms with E-state index in [9.17, 15) is 9.18 Å². The van der Waals surface area contributed by atoms with E-state index in [4.69, 9.17) is 4.74 Å². The summed E-state index contributed by atoms with van der Waals surface area (Å²) in [6, 6.07) is 5.13. The molecule has 114 valence electrons. The van der Waals surface area contributed by atoms with Crippen molar-refractivity contribution in [1.29, 1.82) is 0 Å². The molecule has 2 aromatic rings. The maximum absolute atomic E-state index is 13.7. The van der Waals surface area contributed by atoms with Crippen LogP contribution in [0.2, 0.25) is 0 Å². The molecule has 0 bridgehead atoms. The molecule has 0 N–H and O–H groups in total. The third-order valence-corrected chi connectivity index (χ3v) is 2.91. The zero-order chi connectivity index (χ0) is 14.5. The second-order valence-electron chi connectivity index (χ2n) is 4.36. The molecule has 0 saturated heterocycles. The van der Waals surface area contributed by atoms with Gasteiger partial charge in [-0.2, -0.15) is 4.39 Å². The molecule has 0 amide bonds. The second-order valence-corrected chi connectivity index (χ2v) is 4.36. The average molecular weight is 314 g/mol. The number of esters is 1. The summed E-state index contributed by atoms with van der Waals surface area (Å²) in [5, 5.41) is 0. The number of aromatic nitrogens is 3. The van der Waals surface area contributed by atoms with Crippen LogP contribution < -0.4 is 0 Å². The summed E-state index contributed by atoms with van der Waals surface area (Å²) in [7, 11) is 0. The van der Waals surface area contributed by atoms with Gasteiger partial charge in [-0.1, -0.05) is 13.0 Å². The molecule has 2 rings (SSSR count). The Kier molecular flexibility index (Phi) is 6.30. The summed E-state index contributed by atoms with van der Waals surface area (Å²) in [4.78, 5) is 19.7. The molecule has 1 atom stereocenters. The summed E-state index contributed by atoms with van der Waals surface area (Å²) in [5.74, 6) is -1.53. The SMILES string of the molecule is CCCOC(=O)c1c(F)ncn1[C@H](C)c1ccccn1.Cl. The fraction of sp³-hybridized carbons (Fsp3) is 0.357. The van der Waals surface area contributed by atoms with Crippen LogP contribution in [0.5, 0.6) is 0 Å². The van der Waals surface area contributed by atoms with Crippen LogP contribution in [-0.4, -0.2) is 27.1 Å². The average Bonchev–Trinajstić information content (AvgIpc) is 2.86. The summed E-state index contributed by atoms with van der Waals surface area (Å²) < 4.78 is 20.1. The smallest absolute Gasteiger partial charge is 0.359 e. The van der Waals surface area contributed by atoms with E-state index in [1.165, 1.54) is 10.9 Å². The van der Waals surface area contributed by atoms with Crippen LogP contribution >= 0.6 is 12.4 Å². The van der Waals surface area contributed by atoms with Crippen molar-refractivity contribution in [3.8, 4) is 0 Å². The predicted molar refractivity (Wildman–Crippen MR) is 78.1 cm³/mol. The van der Waals surface area contributed by atoms with Gasteiger partial charge in [-0.05, 0) is 25.5 Å². The van der Waals surface area contributed by atoms with Gasteiger partial charge < -0.3 is 9.30 Å². The Bertz CT molecular complexity index is 589. The number of nitrogens with zero attached hydrogens (tertiary/aromatic N) is 3. The van der Waals surface area contributed by atoms with E-state index in [0.717, 1.165) is 5.69 Å².